The minimum atomic E-state index is -2.83. The number of anilines is 2. The van der Waals surface area contributed by atoms with Gasteiger partial charge in [0, 0.05) is 35.7 Å². The van der Waals surface area contributed by atoms with Gasteiger partial charge in [-0.3, -0.25) is 24.8 Å². The average molecular weight is 537 g/mol. The molecule has 3 aromatic heterocycles. The van der Waals surface area contributed by atoms with Crippen LogP contribution in [0.1, 0.15) is 53.2 Å². The Morgan fingerprint density at radius 2 is 2.03 bits per heavy atom. The van der Waals surface area contributed by atoms with Crippen LogP contribution in [0, 0.1) is 29.6 Å². The second-order valence-electron chi connectivity index (χ2n) is 9.49. The summed E-state index contributed by atoms with van der Waals surface area (Å²) in [5.74, 6) is 6.83. The number of nitrogens with one attached hydrogen (secondary N) is 1. The van der Waals surface area contributed by atoms with Crippen LogP contribution in [0.2, 0.25) is 0 Å². The monoisotopic (exact) mass is 536 g/mol. The molecule has 2 atom stereocenters. The van der Waals surface area contributed by atoms with Crippen molar-refractivity contribution in [3.05, 3.63) is 40.8 Å². The van der Waals surface area contributed by atoms with Gasteiger partial charge in [-0.2, -0.15) is 0 Å². The highest BCUT2D eigenvalue weighted by Gasteiger charge is 2.48. The number of methoxy groups -OCH3 is 1. The maximum Gasteiger partial charge on any atom is 0.280 e. The van der Waals surface area contributed by atoms with Crippen LogP contribution in [0.4, 0.5) is 19.7 Å². The minimum Gasteiger partial charge on any atom is -0.494 e. The Bertz CT molecular complexity index is 1500. The van der Waals surface area contributed by atoms with E-state index in [4.69, 9.17) is 4.74 Å². The quantitative estimate of drug-likeness (QED) is 0.467. The van der Waals surface area contributed by atoms with Crippen molar-refractivity contribution in [2.75, 3.05) is 23.9 Å². The van der Waals surface area contributed by atoms with E-state index in [0.717, 1.165) is 37.0 Å². The molecule has 1 N–H and O–H groups in total. The molecule has 38 heavy (non-hydrogen) atoms. The molecule has 0 radical (unpaired) electrons. The van der Waals surface area contributed by atoms with E-state index in [2.05, 4.69) is 37.3 Å². The molecule has 0 aromatic carbocycles. The predicted octanol–water partition coefficient (Wildman–Crippen LogP) is 4.33. The summed E-state index contributed by atoms with van der Waals surface area (Å²) in [5.41, 5.74) is 0.127. The van der Waals surface area contributed by atoms with E-state index in [9.17, 15) is 18.4 Å². The highest BCUT2D eigenvalue weighted by Crippen LogP contribution is 2.47. The molecule has 1 saturated heterocycles. The van der Waals surface area contributed by atoms with Gasteiger partial charge in [0.2, 0.25) is 11.0 Å². The largest absolute Gasteiger partial charge is 0.494 e. The fourth-order valence-electron chi connectivity index (χ4n) is 4.53. The van der Waals surface area contributed by atoms with Crippen molar-refractivity contribution in [3.63, 3.8) is 0 Å². The molecule has 0 unspecified atom stereocenters. The van der Waals surface area contributed by atoms with Crippen molar-refractivity contribution >= 4 is 34.1 Å². The number of halogens is 2. The normalized spacial score (nSPS) is 20.0. The lowest BCUT2D eigenvalue weighted by Crippen LogP contribution is -2.37. The number of carbonyl (C=O) groups excluding carboxylic acids is 2. The van der Waals surface area contributed by atoms with Gasteiger partial charge in [0.05, 0.1) is 18.9 Å². The van der Waals surface area contributed by atoms with Crippen LogP contribution < -0.4 is 15.0 Å². The summed E-state index contributed by atoms with van der Waals surface area (Å²) in [5, 5.41) is 11.4. The van der Waals surface area contributed by atoms with Crippen LogP contribution in [0.25, 0.3) is 11.1 Å². The molecule has 0 spiro atoms. The molecule has 3 aliphatic rings. The van der Waals surface area contributed by atoms with Crippen molar-refractivity contribution in [1.29, 1.82) is 0 Å². The third-order valence-corrected chi connectivity index (χ3v) is 7.62. The summed E-state index contributed by atoms with van der Waals surface area (Å²) in [6, 6.07) is 2.75. The summed E-state index contributed by atoms with van der Waals surface area (Å²) >= 11 is 1.14. The first-order valence-electron chi connectivity index (χ1n) is 12.2. The number of hydrogen-bond donors (Lipinski definition) is 1. The first-order chi connectivity index (χ1) is 18.4. The van der Waals surface area contributed by atoms with Crippen molar-refractivity contribution in [3.8, 4) is 28.7 Å². The fraction of sp³-hybridized carbons (Fsp3) is 0.385. The number of carbonyl (C=O) groups is 2. The number of hydrogen-bond acceptors (Lipinski definition) is 8. The minimum absolute atomic E-state index is 0.00696. The van der Waals surface area contributed by atoms with E-state index in [1.807, 2.05) is 0 Å². The standard InChI is InChI=1S/C26H22F2N6O3S/c1-37-20-12-29-19(23(27)28)9-17(20)16-10-21(34-7-6-14-8-15(14)25(34)36)30-11-18(16)24(35)31-26-33-32-22(38-26)5-4-13-2-3-13/h9-15,23H,2-3,6-8H2,1H3,(H,31,33,35)/t14-,15+/m1/s1. The van der Waals surface area contributed by atoms with Gasteiger partial charge in [-0.15, -0.1) is 10.2 Å². The Balaban J connectivity index is 1.38. The first kappa shape index (κ1) is 24.4. The third-order valence-electron chi connectivity index (χ3n) is 6.87. The number of rotatable bonds is 6. The van der Waals surface area contributed by atoms with Crippen LogP contribution in [0.5, 0.6) is 5.75 Å². The topological polar surface area (TPSA) is 110 Å². The van der Waals surface area contributed by atoms with Crippen LogP contribution in [-0.4, -0.2) is 45.6 Å². The second kappa shape index (κ2) is 9.72. The zero-order chi connectivity index (χ0) is 26.4. The van der Waals surface area contributed by atoms with Gasteiger partial charge in [0.1, 0.15) is 17.3 Å². The molecule has 3 fully saturated rings. The Morgan fingerprint density at radius 1 is 1.18 bits per heavy atom. The lowest BCUT2D eigenvalue weighted by Gasteiger charge is -2.26. The molecule has 0 bridgehead atoms. The molecule has 2 saturated carbocycles. The Kier molecular flexibility index (Phi) is 6.23. The van der Waals surface area contributed by atoms with Gasteiger partial charge >= 0.3 is 0 Å². The summed E-state index contributed by atoms with van der Waals surface area (Å²) in [6.07, 6.45) is 3.59. The maximum absolute atomic E-state index is 13.6. The highest BCUT2D eigenvalue weighted by molar-refractivity contribution is 7.15. The van der Waals surface area contributed by atoms with Crippen LogP contribution in [0.15, 0.2) is 24.5 Å². The van der Waals surface area contributed by atoms with Crippen molar-refractivity contribution in [2.24, 2.45) is 17.8 Å². The molecule has 12 heteroatoms. The van der Waals surface area contributed by atoms with Crippen molar-refractivity contribution in [2.45, 2.75) is 32.1 Å². The van der Waals surface area contributed by atoms with E-state index in [-0.39, 0.29) is 39.4 Å². The van der Waals surface area contributed by atoms with Crippen molar-refractivity contribution < 1.29 is 23.1 Å². The number of alkyl halides is 2. The zero-order valence-electron chi connectivity index (χ0n) is 20.3. The van der Waals surface area contributed by atoms with Crippen molar-refractivity contribution in [1.82, 2.24) is 20.2 Å². The molecule has 2 amide bonds. The number of ether oxygens (including phenoxy) is 1. The van der Waals surface area contributed by atoms with Crippen LogP contribution in [0.3, 0.4) is 0 Å². The average Bonchev–Trinajstić information content (AvgIpc) is 3.85. The molecule has 3 aromatic rings. The van der Waals surface area contributed by atoms with Gasteiger partial charge in [-0.25, -0.2) is 13.8 Å². The maximum atomic E-state index is 13.6. The molecule has 194 valence electrons. The Labute approximate surface area is 220 Å². The highest BCUT2D eigenvalue weighted by atomic mass is 32.1. The zero-order valence-corrected chi connectivity index (χ0v) is 21.1. The molecule has 4 heterocycles. The van der Waals surface area contributed by atoms with E-state index in [1.165, 1.54) is 25.6 Å². The van der Waals surface area contributed by atoms with Gasteiger partial charge in [-0.05, 0) is 49.7 Å². The van der Waals surface area contributed by atoms with E-state index >= 15 is 0 Å². The number of amides is 2. The summed E-state index contributed by atoms with van der Waals surface area (Å²) in [7, 11) is 1.39. The molecular weight excluding hydrogens is 514 g/mol. The first-order valence-corrected chi connectivity index (χ1v) is 13.0. The predicted molar refractivity (Wildman–Crippen MR) is 135 cm³/mol. The lowest BCUT2D eigenvalue weighted by molar-refractivity contribution is -0.120. The van der Waals surface area contributed by atoms with E-state index < -0.39 is 18.0 Å². The Hall–Kier alpha value is -3.98. The second-order valence-corrected chi connectivity index (χ2v) is 10.5. The number of piperidine rings is 1. The summed E-state index contributed by atoms with van der Waals surface area (Å²) < 4.78 is 32.5. The Morgan fingerprint density at radius 3 is 2.79 bits per heavy atom. The number of pyridine rings is 2. The van der Waals surface area contributed by atoms with E-state index in [0.29, 0.717) is 29.2 Å². The van der Waals surface area contributed by atoms with Gasteiger partial charge in [0.15, 0.2) is 5.01 Å². The number of aromatic nitrogens is 4. The summed E-state index contributed by atoms with van der Waals surface area (Å²) in [4.78, 5) is 36.1. The number of nitrogens with zero attached hydrogens (tertiary/aromatic N) is 5. The molecule has 9 nitrogen and oxygen atoms in total. The SMILES string of the molecule is COc1cnc(C(F)F)cc1-c1cc(N2CC[C@@H]3C[C@@H]3C2=O)ncc1C(=O)Nc1nnc(C#CC2CC2)s1. The molecular formula is C26H22F2N6O3S. The molecule has 2 aliphatic carbocycles. The van der Waals surface area contributed by atoms with Gasteiger partial charge < -0.3 is 4.74 Å². The lowest BCUT2D eigenvalue weighted by atomic mass is 9.99. The summed E-state index contributed by atoms with van der Waals surface area (Å²) in [6.45, 7) is 0.503. The third kappa shape index (κ3) is 4.81. The van der Waals surface area contributed by atoms with Gasteiger partial charge in [-0.1, -0.05) is 17.3 Å². The van der Waals surface area contributed by atoms with Crippen LogP contribution in [-0.2, 0) is 4.79 Å². The molecule has 1 aliphatic heterocycles. The van der Waals surface area contributed by atoms with Crippen LogP contribution >= 0.6 is 11.3 Å². The molecule has 6 rings (SSSR count). The number of fused-ring (bicyclic) bond motifs is 1. The van der Waals surface area contributed by atoms with Gasteiger partial charge in [0.25, 0.3) is 12.3 Å². The fourth-order valence-corrected chi connectivity index (χ4v) is 5.13. The smallest absolute Gasteiger partial charge is 0.280 e. The van der Waals surface area contributed by atoms with E-state index in [1.54, 1.807) is 11.0 Å².